The lowest BCUT2D eigenvalue weighted by atomic mass is 10.2. The lowest BCUT2D eigenvalue weighted by Gasteiger charge is -2.02. The second-order valence-electron chi connectivity index (χ2n) is 4.20. The zero-order valence-corrected chi connectivity index (χ0v) is 10.2. The summed E-state index contributed by atoms with van der Waals surface area (Å²) in [5.41, 5.74) is 2.65. The van der Waals surface area contributed by atoms with E-state index in [1.165, 1.54) is 16.5 Å². The first-order valence-electron chi connectivity index (χ1n) is 6.01. The SMILES string of the molecule is C#CCCCn1cc(CNC)c2ccccc21. The highest BCUT2D eigenvalue weighted by Gasteiger charge is 2.06. The standard InChI is InChI=1S/C15H18N2/c1-3-4-7-10-17-12-13(11-16-2)14-8-5-6-9-15(14)17/h1,5-6,8-9,12,16H,4,7,10-11H2,2H3. The van der Waals surface area contributed by atoms with Gasteiger partial charge in [-0.1, -0.05) is 18.2 Å². The van der Waals surface area contributed by atoms with E-state index in [1.807, 2.05) is 7.05 Å². The van der Waals surface area contributed by atoms with Gasteiger partial charge in [-0.25, -0.2) is 0 Å². The predicted molar refractivity (Wildman–Crippen MR) is 72.8 cm³/mol. The molecule has 0 aliphatic heterocycles. The van der Waals surface area contributed by atoms with E-state index >= 15 is 0 Å². The van der Waals surface area contributed by atoms with Crippen LogP contribution in [0.15, 0.2) is 30.5 Å². The van der Waals surface area contributed by atoms with Crippen molar-refractivity contribution in [2.24, 2.45) is 0 Å². The fourth-order valence-electron chi connectivity index (χ4n) is 2.19. The molecule has 88 valence electrons. The number of hydrogen-bond donors (Lipinski definition) is 1. The molecule has 0 fully saturated rings. The summed E-state index contributed by atoms with van der Waals surface area (Å²) in [5, 5.41) is 4.55. The van der Waals surface area contributed by atoms with E-state index in [0.717, 1.165) is 25.9 Å². The molecule has 0 saturated carbocycles. The lowest BCUT2D eigenvalue weighted by molar-refractivity contribution is 0.672. The average Bonchev–Trinajstić information content (AvgIpc) is 2.70. The summed E-state index contributed by atoms with van der Waals surface area (Å²) in [7, 11) is 1.98. The zero-order chi connectivity index (χ0) is 12.1. The van der Waals surface area contributed by atoms with Crippen molar-refractivity contribution in [2.75, 3.05) is 7.05 Å². The van der Waals surface area contributed by atoms with Crippen LogP contribution >= 0.6 is 0 Å². The van der Waals surface area contributed by atoms with Crippen LogP contribution in [-0.4, -0.2) is 11.6 Å². The molecule has 0 atom stereocenters. The van der Waals surface area contributed by atoms with Gasteiger partial charge in [-0.3, -0.25) is 0 Å². The molecule has 2 nitrogen and oxygen atoms in total. The molecule has 2 aromatic rings. The Morgan fingerprint density at radius 2 is 2.18 bits per heavy atom. The maximum Gasteiger partial charge on any atom is 0.0483 e. The number of benzene rings is 1. The molecule has 0 spiro atoms. The van der Waals surface area contributed by atoms with Gasteiger partial charge in [-0.05, 0) is 25.1 Å². The Balaban J connectivity index is 2.32. The van der Waals surface area contributed by atoms with E-state index < -0.39 is 0 Å². The average molecular weight is 226 g/mol. The fraction of sp³-hybridized carbons (Fsp3) is 0.333. The van der Waals surface area contributed by atoms with Gasteiger partial charge in [0.05, 0.1) is 0 Å². The van der Waals surface area contributed by atoms with Gasteiger partial charge in [0.25, 0.3) is 0 Å². The van der Waals surface area contributed by atoms with Crippen LogP contribution in [-0.2, 0) is 13.1 Å². The molecule has 2 rings (SSSR count). The predicted octanol–water partition coefficient (Wildman–Crippen LogP) is 2.77. The summed E-state index contributed by atoms with van der Waals surface area (Å²) < 4.78 is 2.30. The van der Waals surface area contributed by atoms with Crippen LogP contribution in [0.25, 0.3) is 10.9 Å². The molecule has 0 aliphatic carbocycles. The Labute approximate surface area is 103 Å². The molecule has 1 N–H and O–H groups in total. The first-order valence-corrected chi connectivity index (χ1v) is 6.01. The molecule has 1 aromatic carbocycles. The number of nitrogens with zero attached hydrogens (tertiary/aromatic N) is 1. The number of unbranched alkanes of at least 4 members (excludes halogenated alkanes) is 1. The third-order valence-corrected chi connectivity index (χ3v) is 2.96. The number of aromatic nitrogens is 1. The third-order valence-electron chi connectivity index (χ3n) is 2.96. The molecule has 17 heavy (non-hydrogen) atoms. The van der Waals surface area contributed by atoms with Gasteiger partial charge in [0.1, 0.15) is 0 Å². The van der Waals surface area contributed by atoms with Crippen molar-refractivity contribution in [3.05, 3.63) is 36.0 Å². The molecule has 0 saturated heterocycles. The summed E-state index contributed by atoms with van der Waals surface area (Å²) in [6, 6.07) is 8.53. The van der Waals surface area contributed by atoms with Crippen LogP contribution in [0.3, 0.4) is 0 Å². The summed E-state index contributed by atoms with van der Waals surface area (Å²) in [5.74, 6) is 2.69. The summed E-state index contributed by atoms with van der Waals surface area (Å²) in [4.78, 5) is 0. The Bertz CT molecular complexity index is 531. The van der Waals surface area contributed by atoms with E-state index in [4.69, 9.17) is 6.42 Å². The number of nitrogens with one attached hydrogen (secondary N) is 1. The monoisotopic (exact) mass is 226 g/mol. The first kappa shape index (κ1) is 11.8. The van der Waals surface area contributed by atoms with Gasteiger partial charge >= 0.3 is 0 Å². The number of fused-ring (bicyclic) bond motifs is 1. The molecule has 2 heteroatoms. The molecular formula is C15H18N2. The molecule has 0 amide bonds. The van der Waals surface area contributed by atoms with E-state index in [9.17, 15) is 0 Å². The van der Waals surface area contributed by atoms with Crippen LogP contribution < -0.4 is 5.32 Å². The van der Waals surface area contributed by atoms with Crippen molar-refractivity contribution in [3.63, 3.8) is 0 Å². The van der Waals surface area contributed by atoms with Crippen molar-refractivity contribution in [1.29, 1.82) is 0 Å². The Morgan fingerprint density at radius 1 is 1.35 bits per heavy atom. The highest BCUT2D eigenvalue weighted by Crippen LogP contribution is 2.21. The summed E-state index contributed by atoms with van der Waals surface area (Å²) in [6.45, 7) is 1.90. The highest BCUT2D eigenvalue weighted by molar-refractivity contribution is 5.83. The lowest BCUT2D eigenvalue weighted by Crippen LogP contribution is -2.04. The second-order valence-corrected chi connectivity index (χ2v) is 4.20. The van der Waals surface area contributed by atoms with Crippen LogP contribution in [0.5, 0.6) is 0 Å². The largest absolute Gasteiger partial charge is 0.347 e. The number of hydrogen-bond acceptors (Lipinski definition) is 1. The first-order chi connectivity index (χ1) is 8.36. The third kappa shape index (κ3) is 2.51. The van der Waals surface area contributed by atoms with Crippen molar-refractivity contribution in [3.8, 4) is 12.3 Å². The number of aryl methyl sites for hydroxylation is 1. The quantitative estimate of drug-likeness (QED) is 0.613. The topological polar surface area (TPSA) is 17.0 Å². The molecular weight excluding hydrogens is 208 g/mol. The van der Waals surface area contributed by atoms with Crippen LogP contribution in [0.2, 0.25) is 0 Å². The van der Waals surface area contributed by atoms with E-state index in [0.29, 0.717) is 0 Å². The van der Waals surface area contributed by atoms with Crippen molar-refractivity contribution >= 4 is 10.9 Å². The van der Waals surface area contributed by atoms with Crippen LogP contribution in [0.1, 0.15) is 18.4 Å². The van der Waals surface area contributed by atoms with Gasteiger partial charge in [0.15, 0.2) is 0 Å². The molecule has 0 radical (unpaired) electrons. The minimum Gasteiger partial charge on any atom is -0.347 e. The van der Waals surface area contributed by atoms with E-state index in [1.54, 1.807) is 0 Å². The van der Waals surface area contributed by atoms with E-state index in [-0.39, 0.29) is 0 Å². The van der Waals surface area contributed by atoms with Crippen molar-refractivity contribution < 1.29 is 0 Å². The fourth-order valence-corrected chi connectivity index (χ4v) is 2.19. The van der Waals surface area contributed by atoms with E-state index in [2.05, 4.69) is 46.3 Å². The summed E-state index contributed by atoms with van der Waals surface area (Å²) >= 11 is 0. The maximum absolute atomic E-state index is 5.29. The van der Waals surface area contributed by atoms with Gasteiger partial charge in [-0.15, -0.1) is 12.3 Å². The molecule has 0 unspecified atom stereocenters. The number of rotatable bonds is 5. The summed E-state index contributed by atoms with van der Waals surface area (Å²) in [6.07, 6.45) is 9.40. The molecule has 1 aromatic heterocycles. The van der Waals surface area contributed by atoms with Crippen LogP contribution in [0.4, 0.5) is 0 Å². The molecule has 1 heterocycles. The maximum atomic E-state index is 5.29. The Kier molecular flexibility index (Phi) is 3.85. The Morgan fingerprint density at radius 3 is 2.94 bits per heavy atom. The highest BCUT2D eigenvalue weighted by atomic mass is 15.0. The van der Waals surface area contributed by atoms with Gasteiger partial charge in [0, 0.05) is 36.6 Å². The number of terminal acetylenes is 1. The van der Waals surface area contributed by atoms with Crippen LogP contribution in [0, 0.1) is 12.3 Å². The smallest absolute Gasteiger partial charge is 0.0483 e. The second kappa shape index (κ2) is 5.56. The Hall–Kier alpha value is -1.72. The van der Waals surface area contributed by atoms with Crippen molar-refractivity contribution in [2.45, 2.75) is 25.9 Å². The van der Waals surface area contributed by atoms with Gasteiger partial charge < -0.3 is 9.88 Å². The molecule has 0 aliphatic rings. The van der Waals surface area contributed by atoms with Crippen molar-refractivity contribution in [1.82, 2.24) is 9.88 Å². The van der Waals surface area contributed by atoms with Gasteiger partial charge in [-0.2, -0.15) is 0 Å². The zero-order valence-electron chi connectivity index (χ0n) is 10.2. The van der Waals surface area contributed by atoms with Gasteiger partial charge in [0.2, 0.25) is 0 Å². The minimum atomic E-state index is 0.841. The minimum absolute atomic E-state index is 0.841. The number of para-hydroxylation sites is 1. The molecule has 0 bridgehead atoms. The normalized spacial score (nSPS) is 10.6.